The van der Waals surface area contributed by atoms with E-state index in [0.29, 0.717) is 10.6 Å². The van der Waals surface area contributed by atoms with Crippen molar-refractivity contribution in [1.29, 1.82) is 0 Å². The van der Waals surface area contributed by atoms with Gasteiger partial charge in [0.15, 0.2) is 0 Å². The summed E-state index contributed by atoms with van der Waals surface area (Å²) in [6.07, 6.45) is 3.48. The molecule has 21 heavy (non-hydrogen) atoms. The molecule has 0 saturated heterocycles. The largest absolute Gasteiger partial charge is 0.279 e. The van der Waals surface area contributed by atoms with Gasteiger partial charge >= 0.3 is 0 Å². The summed E-state index contributed by atoms with van der Waals surface area (Å²) in [6, 6.07) is 7.42. The maximum Gasteiger partial charge on any atom is 0.279 e. The van der Waals surface area contributed by atoms with Crippen molar-refractivity contribution in [2.45, 2.75) is 12.7 Å². The van der Waals surface area contributed by atoms with Gasteiger partial charge in [-0.15, -0.1) is 23.1 Å². The Hall–Kier alpha value is -1.86. The molecule has 2 amide bonds. The number of hydrazine groups is 1. The van der Waals surface area contributed by atoms with Crippen LogP contribution in [0.2, 0.25) is 0 Å². The molecule has 2 aromatic rings. The molecular weight excluding hydrogens is 306 g/mol. The summed E-state index contributed by atoms with van der Waals surface area (Å²) in [4.78, 5) is 29.0. The molecule has 7 heteroatoms. The lowest BCUT2D eigenvalue weighted by Crippen LogP contribution is -2.42. The zero-order valence-corrected chi connectivity index (χ0v) is 13.1. The average molecular weight is 321 g/mol. The van der Waals surface area contributed by atoms with Gasteiger partial charge in [-0.05, 0) is 30.7 Å². The molecule has 0 aliphatic heterocycles. The van der Waals surface area contributed by atoms with Crippen LogP contribution in [0.25, 0.3) is 0 Å². The van der Waals surface area contributed by atoms with E-state index in [0.717, 1.165) is 10.4 Å². The van der Waals surface area contributed by atoms with Crippen molar-refractivity contribution in [3.8, 4) is 0 Å². The molecule has 2 aromatic heterocycles. The Morgan fingerprint density at radius 2 is 2.14 bits per heavy atom. The minimum atomic E-state index is -0.293. The molecule has 5 nitrogen and oxygen atoms in total. The number of pyridine rings is 1. The quantitative estimate of drug-likeness (QED) is 0.828. The van der Waals surface area contributed by atoms with E-state index in [4.69, 9.17) is 0 Å². The van der Waals surface area contributed by atoms with E-state index in [9.17, 15) is 9.59 Å². The van der Waals surface area contributed by atoms with Gasteiger partial charge < -0.3 is 0 Å². The second-order valence-corrected chi connectivity index (χ2v) is 6.54. The summed E-state index contributed by atoms with van der Waals surface area (Å²) >= 11 is 2.85. The van der Waals surface area contributed by atoms with Gasteiger partial charge in [0.1, 0.15) is 0 Å². The fourth-order valence-electron chi connectivity index (χ4n) is 1.53. The molecule has 0 aliphatic carbocycles. The van der Waals surface area contributed by atoms with Gasteiger partial charge in [0.25, 0.3) is 5.91 Å². The zero-order valence-electron chi connectivity index (χ0n) is 11.5. The predicted molar refractivity (Wildman–Crippen MR) is 85.1 cm³/mol. The lowest BCUT2D eigenvalue weighted by atomic mass is 10.3. The maximum absolute atomic E-state index is 11.7. The summed E-state index contributed by atoms with van der Waals surface area (Å²) in [6.45, 7) is 1.93. The molecular formula is C14H15N3O2S2. The number of thiophene rings is 1. The van der Waals surface area contributed by atoms with Crippen molar-refractivity contribution in [2.75, 3.05) is 5.75 Å². The van der Waals surface area contributed by atoms with Crippen molar-refractivity contribution >= 4 is 34.9 Å². The van der Waals surface area contributed by atoms with Crippen LogP contribution >= 0.6 is 23.1 Å². The lowest BCUT2D eigenvalue weighted by Gasteiger charge is -2.06. The highest BCUT2D eigenvalue weighted by Gasteiger charge is 2.09. The highest BCUT2D eigenvalue weighted by molar-refractivity contribution is 7.99. The number of carbonyl (C=O) groups is 2. The molecule has 0 aromatic carbocycles. The molecule has 0 atom stereocenters. The number of rotatable bonds is 5. The van der Waals surface area contributed by atoms with E-state index < -0.39 is 0 Å². The standard InChI is InChI=1S/C14H15N3O2S2/c1-10-4-5-12(21-10)14(19)17-16-13(18)9-20-8-11-3-2-6-15-7-11/h2-7H,8-9H2,1H3,(H,16,18)(H,17,19). The average Bonchev–Trinajstić information content (AvgIpc) is 2.92. The Bertz CT molecular complexity index is 614. The van der Waals surface area contributed by atoms with Crippen LogP contribution in [0.5, 0.6) is 0 Å². The van der Waals surface area contributed by atoms with Gasteiger partial charge in [0, 0.05) is 23.0 Å². The highest BCUT2D eigenvalue weighted by Crippen LogP contribution is 2.14. The van der Waals surface area contributed by atoms with Crippen LogP contribution < -0.4 is 10.9 Å². The third-order valence-corrected chi connectivity index (χ3v) is 4.51. The molecule has 0 radical (unpaired) electrons. The number of amides is 2. The molecule has 0 spiro atoms. The number of nitrogens with zero attached hydrogens (tertiary/aromatic N) is 1. The number of aromatic nitrogens is 1. The van der Waals surface area contributed by atoms with E-state index in [1.54, 1.807) is 18.5 Å². The van der Waals surface area contributed by atoms with Crippen molar-refractivity contribution in [1.82, 2.24) is 15.8 Å². The van der Waals surface area contributed by atoms with Gasteiger partial charge in [-0.2, -0.15) is 0 Å². The molecule has 0 unspecified atom stereocenters. The van der Waals surface area contributed by atoms with Crippen LogP contribution in [0.3, 0.4) is 0 Å². The Balaban J connectivity index is 1.67. The van der Waals surface area contributed by atoms with Crippen LogP contribution in [-0.2, 0) is 10.5 Å². The SMILES string of the molecule is Cc1ccc(C(=O)NNC(=O)CSCc2cccnc2)s1. The molecule has 2 heterocycles. The smallest absolute Gasteiger partial charge is 0.272 e. The highest BCUT2D eigenvalue weighted by atomic mass is 32.2. The normalized spacial score (nSPS) is 10.1. The third kappa shape index (κ3) is 5.20. The lowest BCUT2D eigenvalue weighted by molar-refractivity contribution is -0.119. The van der Waals surface area contributed by atoms with Crippen molar-refractivity contribution in [2.24, 2.45) is 0 Å². The summed E-state index contributed by atoms with van der Waals surface area (Å²) in [5.41, 5.74) is 5.88. The second-order valence-electron chi connectivity index (χ2n) is 4.27. The van der Waals surface area contributed by atoms with Gasteiger partial charge in [-0.1, -0.05) is 6.07 Å². The number of nitrogens with one attached hydrogen (secondary N) is 2. The van der Waals surface area contributed by atoms with Gasteiger partial charge in [-0.25, -0.2) is 0 Å². The van der Waals surface area contributed by atoms with Gasteiger partial charge in [0.2, 0.25) is 5.91 Å². The fourth-order valence-corrected chi connectivity index (χ4v) is 3.05. The zero-order chi connectivity index (χ0) is 15.1. The maximum atomic E-state index is 11.7. The van der Waals surface area contributed by atoms with Crippen LogP contribution in [-0.4, -0.2) is 22.6 Å². The van der Waals surface area contributed by atoms with E-state index in [-0.39, 0.29) is 17.6 Å². The molecule has 2 rings (SSSR count). The minimum Gasteiger partial charge on any atom is -0.272 e. The number of hydrogen-bond donors (Lipinski definition) is 2. The Morgan fingerprint density at radius 1 is 1.29 bits per heavy atom. The van der Waals surface area contributed by atoms with E-state index in [1.165, 1.54) is 23.1 Å². The third-order valence-electron chi connectivity index (χ3n) is 2.50. The first kappa shape index (κ1) is 15.5. The predicted octanol–water partition coefficient (Wildman–Crippen LogP) is 2.15. The fraction of sp³-hybridized carbons (Fsp3) is 0.214. The molecule has 2 N–H and O–H groups in total. The number of thioether (sulfide) groups is 1. The van der Waals surface area contributed by atoms with Crippen LogP contribution in [0, 0.1) is 6.92 Å². The van der Waals surface area contributed by atoms with Crippen molar-refractivity contribution in [3.63, 3.8) is 0 Å². The molecule has 0 fully saturated rings. The molecule has 0 bridgehead atoms. The number of carbonyl (C=O) groups excluding carboxylic acids is 2. The molecule has 0 aliphatic rings. The van der Waals surface area contributed by atoms with Crippen molar-refractivity contribution < 1.29 is 9.59 Å². The first-order chi connectivity index (χ1) is 10.1. The van der Waals surface area contributed by atoms with Crippen LogP contribution in [0.1, 0.15) is 20.1 Å². The summed E-state index contributed by atoms with van der Waals surface area (Å²) in [5, 5.41) is 0. The first-order valence-electron chi connectivity index (χ1n) is 6.27. The Morgan fingerprint density at radius 3 is 2.81 bits per heavy atom. The Labute approximate surface area is 131 Å². The van der Waals surface area contributed by atoms with E-state index in [1.807, 2.05) is 25.1 Å². The van der Waals surface area contributed by atoms with Crippen LogP contribution in [0.4, 0.5) is 0 Å². The Kier molecular flexibility index (Phi) is 5.77. The topological polar surface area (TPSA) is 71.1 Å². The molecule has 0 saturated carbocycles. The van der Waals surface area contributed by atoms with Gasteiger partial charge in [-0.3, -0.25) is 25.4 Å². The number of hydrogen-bond acceptors (Lipinski definition) is 5. The monoisotopic (exact) mass is 321 g/mol. The van der Waals surface area contributed by atoms with E-state index >= 15 is 0 Å². The van der Waals surface area contributed by atoms with Gasteiger partial charge in [0.05, 0.1) is 10.6 Å². The second kappa shape index (κ2) is 7.80. The van der Waals surface area contributed by atoms with Crippen LogP contribution in [0.15, 0.2) is 36.7 Å². The number of aryl methyl sites for hydroxylation is 1. The van der Waals surface area contributed by atoms with Crippen molar-refractivity contribution in [3.05, 3.63) is 52.0 Å². The van der Waals surface area contributed by atoms with E-state index in [2.05, 4.69) is 15.8 Å². The minimum absolute atomic E-state index is 0.231. The summed E-state index contributed by atoms with van der Waals surface area (Å²) < 4.78 is 0. The summed E-state index contributed by atoms with van der Waals surface area (Å²) in [7, 11) is 0. The summed E-state index contributed by atoms with van der Waals surface area (Å²) in [5.74, 6) is 0.460. The first-order valence-corrected chi connectivity index (χ1v) is 8.24. The molecule has 110 valence electrons.